The monoisotopic (exact) mass is 588 g/mol. The van der Waals surface area contributed by atoms with Crippen LogP contribution in [0.3, 0.4) is 0 Å². The van der Waals surface area contributed by atoms with Gasteiger partial charge in [-0.05, 0) is 47.5 Å². The van der Waals surface area contributed by atoms with Gasteiger partial charge in [0, 0.05) is 30.2 Å². The molecule has 0 aliphatic heterocycles. The number of carboxylic acids is 1. The van der Waals surface area contributed by atoms with Crippen molar-refractivity contribution in [1.29, 1.82) is 0 Å². The molecule has 1 atom stereocenters. The molecule has 0 unspecified atom stereocenters. The summed E-state index contributed by atoms with van der Waals surface area (Å²) in [5, 5.41) is 15.4. The number of hydrogen-bond acceptors (Lipinski definition) is 6. The van der Waals surface area contributed by atoms with Crippen molar-refractivity contribution in [2.24, 2.45) is 0 Å². The summed E-state index contributed by atoms with van der Waals surface area (Å²) in [4.78, 5) is 37.5. The van der Waals surface area contributed by atoms with Crippen LogP contribution >= 0.6 is 23.2 Å². The van der Waals surface area contributed by atoms with Crippen molar-refractivity contribution in [3.05, 3.63) is 99.2 Å². The van der Waals surface area contributed by atoms with Gasteiger partial charge in [0.2, 0.25) is 0 Å². The van der Waals surface area contributed by atoms with Gasteiger partial charge < -0.3 is 20.2 Å². The SMILES string of the molecule is CS(=O)(=O)c1cccc(C[C@H](NC(=O)c2c(Cl)cc(C(=O)NCc3ccc4ccoc4c3)cc2Cl)C(=O)O)c1. The van der Waals surface area contributed by atoms with E-state index in [0.29, 0.717) is 11.1 Å². The van der Waals surface area contributed by atoms with E-state index in [2.05, 4.69) is 10.6 Å². The van der Waals surface area contributed by atoms with Gasteiger partial charge in [-0.25, -0.2) is 13.2 Å². The van der Waals surface area contributed by atoms with E-state index in [0.717, 1.165) is 17.2 Å². The number of carbonyl (C=O) groups is 3. The van der Waals surface area contributed by atoms with Gasteiger partial charge in [0.05, 0.1) is 26.8 Å². The maximum Gasteiger partial charge on any atom is 0.326 e. The van der Waals surface area contributed by atoms with E-state index in [1.165, 1.54) is 30.3 Å². The summed E-state index contributed by atoms with van der Waals surface area (Å²) in [6.07, 6.45) is 2.42. The van der Waals surface area contributed by atoms with Gasteiger partial charge in [-0.3, -0.25) is 9.59 Å². The van der Waals surface area contributed by atoms with Gasteiger partial charge >= 0.3 is 5.97 Å². The fourth-order valence-corrected chi connectivity index (χ4v) is 5.23. The van der Waals surface area contributed by atoms with Gasteiger partial charge in [-0.1, -0.05) is 47.5 Å². The molecule has 0 radical (unpaired) electrons. The number of furan rings is 1. The van der Waals surface area contributed by atoms with Crippen molar-refractivity contribution in [2.45, 2.75) is 23.9 Å². The van der Waals surface area contributed by atoms with Crippen molar-refractivity contribution in [2.75, 3.05) is 6.26 Å². The molecule has 0 aliphatic rings. The highest BCUT2D eigenvalue weighted by Crippen LogP contribution is 2.27. The molecule has 0 bridgehead atoms. The predicted octanol–water partition coefficient (Wildman–Crippen LogP) is 4.50. The van der Waals surface area contributed by atoms with E-state index in [1.807, 2.05) is 18.2 Å². The number of hydrogen-bond donors (Lipinski definition) is 3. The zero-order chi connectivity index (χ0) is 28.3. The number of rotatable bonds is 9. The van der Waals surface area contributed by atoms with Crippen LogP contribution in [-0.4, -0.2) is 43.6 Å². The van der Waals surface area contributed by atoms with Crippen LogP contribution in [0.2, 0.25) is 10.0 Å². The fourth-order valence-electron chi connectivity index (χ4n) is 3.88. The number of nitrogens with one attached hydrogen (secondary N) is 2. The fraction of sp³-hybridized carbons (Fsp3) is 0.148. The lowest BCUT2D eigenvalue weighted by Gasteiger charge is -2.17. The summed E-state index contributed by atoms with van der Waals surface area (Å²) in [5.74, 6) is -2.70. The molecule has 39 heavy (non-hydrogen) atoms. The zero-order valence-corrected chi connectivity index (χ0v) is 22.7. The molecule has 202 valence electrons. The van der Waals surface area contributed by atoms with Crippen molar-refractivity contribution in [3.63, 3.8) is 0 Å². The Hall–Kier alpha value is -3.86. The molecule has 4 rings (SSSR count). The molecule has 0 spiro atoms. The molecule has 3 N–H and O–H groups in total. The highest BCUT2D eigenvalue weighted by molar-refractivity contribution is 7.90. The number of halogens is 2. The largest absolute Gasteiger partial charge is 0.480 e. The maximum absolute atomic E-state index is 12.9. The number of aliphatic carboxylic acids is 1. The minimum Gasteiger partial charge on any atom is -0.480 e. The number of carboxylic acid groups (broad SMARTS) is 1. The first-order valence-electron chi connectivity index (χ1n) is 11.5. The third-order valence-electron chi connectivity index (χ3n) is 5.87. The summed E-state index contributed by atoms with van der Waals surface area (Å²) >= 11 is 12.6. The number of fused-ring (bicyclic) bond motifs is 1. The van der Waals surface area contributed by atoms with E-state index < -0.39 is 33.7 Å². The van der Waals surface area contributed by atoms with Crippen molar-refractivity contribution >= 4 is 61.8 Å². The van der Waals surface area contributed by atoms with Crippen LogP contribution in [-0.2, 0) is 27.6 Å². The Labute approximate surface area is 233 Å². The third-order valence-corrected chi connectivity index (χ3v) is 7.58. The molecule has 0 saturated heterocycles. The number of carbonyl (C=O) groups excluding carboxylic acids is 2. The average Bonchev–Trinajstić information content (AvgIpc) is 3.34. The molecule has 4 aromatic rings. The first kappa shape index (κ1) is 28.2. The Kier molecular flexibility index (Phi) is 8.29. The van der Waals surface area contributed by atoms with Crippen molar-refractivity contribution < 1.29 is 32.3 Å². The van der Waals surface area contributed by atoms with Crippen LogP contribution in [0, 0.1) is 0 Å². The highest BCUT2D eigenvalue weighted by Gasteiger charge is 2.25. The van der Waals surface area contributed by atoms with Crippen molar-refractivity contribution in [3.8, 4) is 0 Å². The van der Waals surface area contributed by atoms with Gasteiger partial charge in [-0.2, -0.15) is 0 Å². The molecule has 12 heteroatoms. The van der Waals surface area contributed by atoms with E-state index in [4.69, 9.17) is 27.6 Å². The zero-order valence-electron chi connectivity index (χ0n) is 20.4. The number of amides is 2. The van der Waals surface area contributed by atoms with E-state index >= 15 is 0 Å². The molecule has 0 saturated carbocycles. The molecule has 0 fully saturated rings. The van der Waals surface area contributed by atoms with Gasteiger partial charge in [0.25, 0.3) is 11.8 Å². The molecular formula is C27H22Cl2N2O7S. The lowest BCUT2D eigenvalue weighted by atomic mass is 10.0. The van der Waals surface area contributed by atoms with Gasteiger partial charge in [-0.15, -0.1) is 0 Å². The van der Waals surface area contributed by atoms with E-state index in [9.17, 15) is 27.9 Å². The second-order valence-corrected chi connectivity index (χ2v) is 11.6. The molecule has 2 amide bonds. The maximum atomic E-state index is 12.9. The minimum atomic E-state index is -3.50. The molecule has 0 aliphatic carbocycles. The molecule has 3 aromatic carbocycles. The lowest BCUT2D eigenvalue weighted by molar-refractivity contribution is -0.139. The smallest absolute Gasteiger partial charge is 0.326 e. The van der Waals surface area contributed by atoms with E-state index in [1.54, 1.807) is 18.4 Å². The average molecular weight is 589 g/mol. The first-order chi connectivity index (χ1) is 18.4. The topological polar surface area (TPSA) is 143 Å². The summed E-state index contributed by atoms with van der Waals surface area (Å²) in [6, 6.07) is 14.2. The first-order valence-corrected chi connectivity index (χ1v) is 14.1. The van der Waals surface area contributed by atoms with E-state index in [-0.39, 0.29) is 39.0 Å². The van der Waals surface area contributed by atoms with Crippen LogP contribution in [0.25, 0.3) is 11.0 Å². The lowest BCUT2D eigenvalue weighted by Crippen LogP contribution is -2.42. The summed E-state index contributed by atoms with van der Waals surface area (Å²) in [5.41, 5.74) is 1.79. The van der Waals surface area contributed by atoms with Gasteiger partial charge in [0.1, 0.15) is 11.6 Å². The van der Waals surface area contributed by atoms with Crippen LogP contribution in [0.4, 0.5) is 0 Å². The molecule has 1 aromatic heterocycles. The third kappa shape index (κ3) is 6.78. The van der Waals surface area contributed by atoms with Crippen molar-refractivity contribution in [1.82, 2.24) is 10.6 Å². The summed E-state index contributed by atoms with van der Waals surface area (Å²) in [6.45, 7) is 0.202. The van der Waals surface area contributed by atoms with Crippen LogP contribution in [0.1, 0.15) is 31.8 Å². The van der Waals surface area contributed by atoms with Crippen LogP contribution < -0.4 is 10.6 Å². The standard InChI is InChI=1S/C27H22Cl2N2O7S/c1-39(36,37)19-4-2-3-15(9-19)10-22(27(34)35)31-26(33)24-20(28)12-18(13-21(24)29)25(32)30-14-16-5-6-17-7-8-38-23(17)11-16/h2-9,11-13,22H,10,14H2,1H3,(H,30,32)(H,31,33)(H,34,35)/t22-/m0/s1. The molecule has 9 nitrogen and oxygen atoms in total. The normalized spacial score (nSPS) is 12.2. The Bertz CT molecular complexity index is 1680. The van der Waals surface area contributed by atoms with Gasteiger partial charge in [0.15, 0.2) is 9.84 Å². The quantitative estimate of drug-likeness (QED) is 0.261. The van der Waals surface area contributed by atoms with Crippen LogP contribution in [0.15, 0.2) is 76.2 Å². The minimum absolute atomic E-state index is 0.0249. The second-order valence-electron chi connectivity index (χ2n) is 8.78. The summed E-state index contributed by atoms with van der Waals surface area (Å²) in [7, 11) is -3.50. The Morgan fingerprint density at radius 1 is 0.949 bits per heavy atom. The second kappa shape index (κ2) is 11.5. The molecule has 1 heterocycles. The van der Waals surface area contributed by atoms with Crippen LogP contribution in [0.5, 0.6) is 0 Å². The predicted molar refractivity (Wildman–Crippen MR) is 146 cm³/mol. The Morgan fingerprint density at radius 2 is 1.67 bits per heavy atom. The summed E-state index contributed by atoms with van der Waals surface area (Å²) < 4.78 is 29.0. The Balaban J connectivity index is 1.46. The number of sulfone groups is 1. The highest BCUT2D eigenvalue weighted by atomic mass is 35.5. The number of benzene rings is 3. The Morgan fingerprint density at radius 3 is 2.33 bits per heavy atom. The molecular weight excluding hydrogens is 567 g/mol.